The number of carbonyl (C=O) groups excluding carboxylic acids is 2. The van der Waals surface area contributed by atoms with Gasteiger partial charge in [-0.05, 0) is 74.9 Å². The van der Waals surface area contributed by atoms with Gasteiger partial charge in [0.05, 0.1) is 22.3 Å². The van der Waals surface area contributed by atoms with Crippen LogP contribution in [-0.4, -0.2) is 64.8 Å². The first-order valence-electron chi connectivity index (χ1n) is 15.3. The maximum absolute atomic E-state index is 14.3. The highest BCUT2D eigenvalue weighted by Crippen LogP contribution is 2.35. The Kier molecular flexibility index (Phi) is 11.9. The molecule has 0 aliphatic carbocycles. The van der Waals surface area contributed by atoms with E-state index in [1.54, 1.807) is 42.5 Å². The number of nitrogens with two attached hydrogens (primary N) is 1. The maximum Gasteiger partial charge on any atom is 0.407 e. The third kappa shape index (κ3) is 10.2. The highest BCUT2D eigenvalue weighted by molar-refractivity contribution is 7.92. The Morgan fingerprint density at radius 3 is 2.22 bits per heavy atom. The summed E-state index contributed by atoms with van der Waals surface area (Å²) in [5, 5.41) is 9.48. The second kappa shape index (κ2) is 14.8. The molecule has 11 nitrogen and oxygen atoms in total. The average Bonchev–Trinajstić information content (AvgIpc) is 3.52. The molecule has 0 saturated heterocycles. The first kappa shape index (κ1) is 39.4. The van der Waals surface area contributed by atoms with Crippen molar-refractivity contribution in [3.8, 4) is 17.5 Å². The van der Waals surface area contributed by atoms with Gasteiger partial charge in [-0.15, -0.1) is 0 Å². The first-order chi connectivity index (χ1) is 22.4. The van der Waals surface area contributed by atoms with Gasteiger partial charge in [0.2, 0.25) is 5.91 Å². The molecule has 15 heteroatoms. The number of nitrogens with one attached hydrogen (secondary N) is 2. The normalized spacial score (nSPS) is 14.3. The van der Waals surface area contributed by atoms with Crippen LogP contribution < -0.4 is 16.4 Å². The molecule has 1 heterocycles. The molecule has 3 aromatic rings. The summed E-state index contributed by atoms with van der Waals surface area (Å²) in [6.07, 6.45) is 0.0701. The van der Waals surface area contributed by atoms with Crippen LogP contribution in [0.2, 0.25) is 5.02 Å². The van der Waals surface area contributed by atoms with Crippen LogP contribution in [0, 0.1) is 17.3 Å². The van der Waals surface area contributed by atoms with Crippen molar-refractivity contribution in [3.05, 3.63) is 76.8 Å². The lowest BCUT2D eigenvalue weighted by Gasteiger charge is -2.36. The minimum Gasteiger partial charge on any atom is -0.447 e. The van der Waals surface area contributed by atoms with Crippen molar-refractivity contribution in [3.63, 3.8) is 0 Å². The number of carbonyl (C=O) groups is 2. The molecular weight excluding hydrogens is 678 g/mol. The maximum atomic E-state index is 14.3. The Morgan fingerprint density at radius 1 is 1.06 bits per heavy atom. The van der Waals surface area contributed by atoms with Crippen LogP contribution in [0.3, 0.4) is 0 Å². The molecule has 49 heavy (non-hydrogen) atoms. The quantitative estimate of drug-likeness (QED) is 0.225. The van der Waals surface area contributed by atoms with Gasteiger partial charge in [0, 0.05) is 11.8 Å². The number of alkyl carbamates (subject to hydrolysis) is 1. The van der Waals surface area contributed by atoms with Crippen molar-refractivity contribution in [1.82, 2.24) is 25.4 Å². The number of nitrogens with zero attached hydrogens (tertiary/aromatic N) is 3. The Labute approximate surface area is 291 Å². The summed E-state index contributed by atoms with van der Waals surface area (Å²) in [5.41, 5.74) is 4.86. The van der Waals surface area contributed by atoms with E-state index >= 15 is 0 Å². The molecule has 1 unspecified atom stereocenters. The van der Waals surface area contributed by atoms with Crippen LogP contribution in [0.15, 0.2) is 55.1 Å². The van der Waals surface area contributed by atoms with Gasteiger partial charge >= 0.3 is 6.09 Å². The van der Waals surface area contributed by atoms with Crippen LogP contribution >= 0.6 is 11.6 Å². The SMILES string of the molecule is CC(C)(C)CC(N)(C(=O)N[C@H](COC(=O)NC(C)(C)C(F)F)c1ccc(Cl)c(-n2cncn2)c1)c1ccc(C#CC(C)(C)S(C)(=O)=O)cc1. The van der Waals surface area contributed by atoms with Crippen LogP contribution in [-0.2, 0) is 24.9 Å². The van der Waals surface area contributed by atoms with Gasteiger partial charge < -0.3 is 21.1 Å². The van der Waals surface area contributed by atoms with Gasteiger partial charge in [-0.25, -0.2) is 31.7 Å². The van der Waals surface area contributed by atoms with Gasteiger partial charge in [-0.1, -0.05) is 62.4 Å². The molecule has 2 atom stereocenters. The van der Waals surface area contributed by atoms with E-state index < -0.39 is 62.2 Å². The zero-order valence-electron chi connectivity index (χ0n) is 28.8. The number of hydrogen-bond donors (Lipinski definition) is 3. The van der Waals surface area contributed by atoms with Crippen LogP contribution in [0.4, 0.5) is 13.6 Å². The number of amides is 2. The molecule has 1 aromatic heterocycles. The molecular formula is C34H43ClF2N6O5S. The molecule has 266 valence electrons. The predicted octanol–water partition coefficient (Wildman–Crippen LogP) is 5.31. The number of sulfone groups is 1. The minimum absolute atomic E-state index is 0.180. The fourth-order valence-electron chi connectivity index (χ4n) is 4.59. The monoisotopic (exact) mass is 720 g/mol. The summed E-state index contributed by atoms with van der Waals surface area (Å²) in [6.45, 7) is 10.7. The first-order valence-corrected chi connectivity index (χ1v) is 17.5. The molecule has 0 spiro atoms. The largest absolute Gasteiger partial charge is 0.447 e. The van der Waals surface area contributed by atoms with Crippen molar-refractivity contribution in [2.24, 2.45) is 11.1 Å². The van der Waals surface area contributed by atoms with Crippen molar-refractivity contribution >= 4 is 33.4 Å². The Hall–Kier alpha value is -4.06. The third-order valence-corrected chi connectivity index (χ3v) is 10.0. The summed E-state index contributed by atoms with van der Waals surface area (Å²) >= 11 is 6.43. The summed E-state index contributed by atoms with van der Waals surface area (Å²) in [4.78, 5) is 30.8. The number of hydrogen-bond acceptors (Lipinski definition) is 8. The van der Waals surface area contributed by atoms with Crippen molar-refractivity contribution in [1.29, 1.82) is 0 Å². The Bertz CT molecular complexity index is 1820. The summed E-state index contributed by atoms with van der Waals surface area (Å²) < 4.78 is 56.5. The third-order valence-electron chi connectivity index (χ3n) is 7.74. The molecule has 0 aliphatic heterocycles. The van der Waals surface area contributed by atoms with E-state index in [4.69, 9.17) is 22.1 Å². The van der Waals surface area contributed by atoms with Gasteiger partial charge in [0.25, 0.3) is 6.43 Å². The molecule has 3 rings (SSSR count). The fourth-order valence-corrected chi connectivity index (χ4v) is 5.03. The number of alkyl halides is 2. The Balaban J connectivity index is 2.02. The lowest BCUT2D eigenvalue weighted by molar-refractivity contribution is -0.129. The molecule has 0 bridgehead atoms. The van der Waals surface area contributed by atoms with Crippen molar-refractivity contribution in [2.75, 3.05) is 12.9 Å². The molecule has 2 aromatic carbocycles. The molecule has 0 radical (unpaired) electrons. The summed E-state index contributed by atoms with van der Waals surface area (Å²) in [7, 11) is -3.44. The van der Waals surface area contributed by atoms with Crippen molar-refractivity contribution < 1.29 is 31.5 Å². The predicted molar refractivity (Wildman–Crippen MR) is 184 cm³/mol. The van der Waals surface area contributed by atoms with E-state index in [1.165, 1.54) is 31.2 Å². The Morgan fingerprint density at radius 2 is 1.69 bits per heavy atom. The van der Waals surface area contributed by atoms with Crippen molar-refractivity contribution in [2.45, 2.75) is 83.2 Å². The average molecular weight is 721 g/mol. The topological polar surface area (TPSA) is 158 Å². The number of rotatable bonds is 11. The van der Waals surface area contributed by atoms with Gasteiger partial charge in [-0.2, -0.15) is 5.10 Å². The van der Waals surface area contributed by atoms with Crippen LogP contribution in [0.1, 0.15) is 77.6 Å². The van der Waals surface area contributed by atoms with E-state index in [9.17, 15) is 26.8 Å². The van der Waals surface area contributed by atoms with E-state index in [0.717, 1.165) is 20.1 Å². The highest BCUT2D eigenvalue weighted by Gasteiger charge is 2.41. The second-order valence-corrected chi connectivity index (χ2v) is 17.1. The lowest BCUT2D eigenvalue weighted by Crippen LogP contribution is -2.54. The molecule has 4 N–H and O–H groups in total. The molecule has 0 saturated carbocycles. The standard InChI is InChI=1S/C34H43ClF2N6O5S/c1-31(2,3)19-34(38,24-12-9-22(10-13-24)15-16-32(4,5)49(8,46)47)29(44)41-26(18-48-30(45)42-33(6,7)28(36)37)23-11-14-25(35)27(17-23)43-21-39-20-40-43/h9-14,17,20-21,26,28H,18-19,38H2,1-8H3,(H,41,44)(H,42,45)/t26-,34?/m1/s1. The smallest absolute Gasteiger partial charge is 0.407 e. The fraction of sp³-hybridized carbons (Fsp3) is 0.471. The summed E-state index contributed by atoms with van der Waals surface area (Å²) in [5.74, 6) is 5.05. The van der Waals surface area contributed by atoms with Gasteiger partial charge in [0.1, 0.15) is 29.5 Å². The minimum atomic E-state index is -3.44. The van der Waals surface area contributed by atoms with E-state index in [0.29, 0.717) is 27.4 Å². The highest BCUT2D eigenvalue weighted by atomic mass is 35.5. The van der Waals surface area contributed by atoms with E-state index in [2.05, 4.69) is 32.6 Å². The lowest BCUT2D eigenvalue weighted by atomic mass is 9.75. The number of benzene rings is 2. The number of halogens is 3. The zero-order valence-corrected chi connectivity index (χ0v) is 30.3. The van der Waals surface area contributed by atoms with Gasteiger partial charge in [-0.3, -0.25) is 4.79 Å². The van der Waals surface area contributed by atoms with E-state index in [1.807, 2.05) is 20.8 Å². The van der Waals surface area contributed by atoms with Crippen LogP contribution in [0.5, 0.6) is 0 Å². The number of ether oxygens (including phenoxy) is 1. The zero-order chi connectivity index (χ0) is 37.0. The molecule has 2 amide bonds. The summed E-state index contributed by atoms with van der Waals surface area (Å²) in [6, 6.07) is 10.4. The molecule has 0 aliphatic rings. The molecule has 0 fully saturated rings. The van der Waals surface area contributed by atoms with Crippen LogP contribution in [0.25, 0.3) is 5.69 Å². The number of aromatic nitrogens is 3. The van der Waals surface area contributed by atoms with Gasteiger partial charge in [0.15, 0.2) is 9.84 Å². The van der Waals surface area contributed by atoms with E-state index in [-0.39, 0.29) is 6.42 Å². The second-order valence-electron chi connectivity index (χ2n) is 14.1.